The van der Waals surface area contributed by atoms with Gasteiger partial charge in [0.25, 0.3) is 0 Å². The number of hydrogen-bond acceptors (Lipinski definition) is 3. The van der Waals surface area contributed by atoms with Crippen LogP contribution in [0, 0.1) is 3.57 Å². The van der Waals surface area contributed by atoms with Gasteiger partial charge in [-0.05, 0) is 63.6 Å². The van der Waals surface area contributed by atoms with E-state index in [2.05, 4.69) is 66.9 Å². The van der Waals surface area contributed by atoms with Crippen molar-refractivity contribution in [3.05, 3.63) is 38.4 Å². The van der Waals surface area contributed by atoms with Gasteiger partial charge in [-0.2, -0.15) is 5.10 Å². The van der Waals surface area contributed by atoms with Crippen LogP contribution >= 0.6 is 38.5 Å². The molecular formula is C11H12BrIN4. The van der Waals surface area contributed by atoms with Crippen molar-refractivity contribution in [1.82, 2.24) is 14.8 Å². The molecule has 0 atom stereocenters. The smallest absolute Gasteiger partial charge is 0.146 e. The predicted molar refractivity (Wildman–Crippen MR) is 79.9 cm³/mol. The summed E-state index contributed by atoms with van der Waals surface area (Å²) in [6, 6.07) is 6.17. The summed E-state index contributed by atoms with van der Waals surface area (Å²) in [6.07, 6.45) is 1.59. The van der Waals surface area contributed by atoms with E-state index in [-0.39, 0.29) is 0 Å². The number of halogens is 2. The Morgan fingerprint density at radius 3 is 3.00 bits per heavy atom. The highest BCUT2D eigenvalue weighted by Crippen LogP contribution is 2.22. The highest BCUT2D eigenvalue weighted by Gasteiger charge is 2.03. The summed E-state index contributed by atoms with van der Waals surface area (Å²) in [7, 11) is 0. The summed E-state index contributed by atoms with van der Waals surface area (Å²) >= 11 is 5.78. The van der Waals surface area contributed by atoms with Gasteiger partial charge in [0, 0.05) is 20.3 Å². The molecule has 90 valence electrons. The van der Waals surface area contributed by atoms with Gasteiger partial charge in [-0.3, -0.25) is 0 Å². The fourth-order valence-electron chi connectivity index (χ4n) is 1.48. The van der Waals surface area contributed by atoms with E-state index >= 15 is 0 Å². The van der Waals surface area contributed by atoms with Crippen LogP contribution in [0.25, 0.3) is 0 Å². The quantitative estimate of drug-likeness (QED) is 0.792. The van der Waals surface area contributed by atoms with E-state index in [0.29, 0.717) is 6.54 Å². The van der Waals surface area contributed by atoms with Crippen LogP contribution in [0.2, 0.25) is 0 Å². The molecule has 4 nitrogen and oxygen atoms in total. The zero-order chi connectivity index (χ0) is 12.3. The first-order valence-electron chi connectivity index (χ1n) is 5.26. The van der Waals surface area contributed by atoms with Gasteiger partial charge in [0.1, 0.15) is 12.2 Å². The summed E-state index contributed by atoms with van der Waals surface area (Å²) in [5, 5.41) is 7.48. The minimum atomic E-state index is 0.686. The molecule has 1 aromatic heterocycles. The maximum Gasteiger partial charge on any atom is 0.146 e. The van der Waals surface area contributed by atoms with Crippen molar-refractivity contribution in [2.24, 2.45) is 0 Å². The third-order valence-corrected chi connectivity index (χ3v) is 4.69. The molecule has 0 saturated heterocycles. The highest BCUT2D eigenvalue weighted by molar-refractivity contribution is 14.1. The van der Waals surface area contributed by atoms with Gasteiger partial charge in [0.2, 0.25) is 0 Å². The van der Waals surface area contributed by atoms with Crippen LogP contribution in [0.4, 0.5) is 5.69 Å². The lowest BCUT2D eigenvalue weighted by Gasteiger charge is -2.07. The first-order valence-corrected chi connectivity index (χ1v) is 7.13. The molecule has 1 aromatic carbocycles. The Morgan fingerprint density at radius 2 is 2.29 bits per heavy atom. The molecule has 0 radical (unpaired) electrons. The molecule has 0 aliphatic heterocycles. The minimum Gasteiger partial charge on any atom is -0.378 e. The predicted octanol–water partition coefficient (Wildman–Crippen LogP) is 3.28. The molecule has 2 rings (SSSR count). The molecule has 2 aromatic rings. The van der Waals surface area contributed by atoms with Crippen molar-refractivity contribution in [1.29, 1.82) is 0 Å². The average molecular weight is 407 g/mol. The zero-order valence-corrected chi connectivity index (χ0v) is 13.1. The molecule has 6 heteroatoms. The van der Waals surface area contributed by atoms with Crippen LogP contribution in [0.15, 0.2) is 29.0 Å². The Kier molecular flexibility index (Phi) is 4.38. The van der Waals surface area contributed by atoms with Gasteiger partial charge in [-0.15, -0.1) is 0 Å². The van der Waals surface area contributed by atoms with Crippen LogP contribution in [0.3, 0.4) is 0 Å². The molecule has 0 unspecified atom stereocenters. The number of benzene rings is 1. The van der Waals surface area contributed by atoms with Crippen LogP contribution < -0.4 is 5.32 Å². The monoisotopic (exact) mass is 406 g/mol. The van der Waals surface area contributed by atoms with Gasteiger partial charge >= 0.3 is 0 Å². The normalized spacial score (nSPS) is 10.5. The fourth-order valence-corrected chi connectivity index (χ4v) is 2.24. The van der Waals surface area contributed by atoms with Gasteiger partial charge in [-0.1, -0.05) is 0 Å². The lowest BCUT2D eigenvalue weighted by molar-refractivity contribution is 0.622. The Morgan fingerprint density at radius 1 is 1.47 bits per heavy atom. The molecule has 0 fully saturated rings. The second kappa shape index (κ2) is 5.81. The van der Waals surface area contributed by atoms with Gasteiger partial charge < -0.3 is 5.32 Å². The first kappa shape index (κ1) is 12.8. The summed E-state index contributed by atoms with van der Waals surface area (Å²) in [4.78, 5) is 4.22. The molecule has 0 bridgehead atoms. The number of aromatic nitrogens is 3. The second-order valence-corrected chi connectivity index (χ2v) is 5.49. The molecule has 0 aliphatic rings. The number of rotatable bonds is 4. The Bertz CT molecular complexity index is 512. The molecule has 0 amide bonds. The van der Waals surface area contributed by atoms with Crippen molar-refractivity contribution in [2.45, 2.75) is 20.0 Å². The van der Waals surface area contributed by atoms with Crippen LogP contribution in [-0.4, -0.2) is 14.8 Å². The van der Waals surface area contributed by atoms with Crippen LogP contribution in [0.5, 0.6) is 0 Å². The minimum absolute atomic E-state index is 0.686. The number of nitrogens with one attached hydrogen (secondary N) is 1. The maximum absolute atomic E-state index is 4.22. The SMILES string of the molecule is CCn1ncnc1CNc1ccc(Br)c(I)c1. The number of hydrogen-bond donors (Lipinski definition) is 1. The second-order valence-electron chi connectivity index (χ2n) is 3.47. The zero-order valence-electron chi connectivity index (χ0n) is 9.32. The van der Waals surface area contributed by atoms with Crippen LogP contribution in [-0.2, 0) is 13.1 Å². The van der Waals surface area contributed by atoms with Crippen molar-refractivity contribution < 1.29 is 0 Å². The van der Waals surface area contributed by atoms with Gasteiger partial charge in [-0.25, -0.2) is 9.67 Å². The average Bonchev–Trinajstić information content (AvgIpc) is 2.78. The lowest BCUT2D eigenvalue weighted by atomic mass is 10.3. The Hall–Kier alpha value is -0.630. The molecule has 1 N–H and O–H groups in total. The third-order valence-electron chi connectivity index (χ3n) is 2.37. The highest BCUT2D eigenvalue weighted by atomic mass is 127. The summed E-state index contributed by atoms with van der Waals surface area (Å²) < 4.78 is 4.18. The number of anilines is 1. The van der Waals surface area contributed by atoms with E-state index < -0.39 is 0 Å². The maximum atomic E-state index is 4.22. The first-order chi connectivity index (χ1) is 8.20. The molecular weight excluding hydrogens is 395 g/mol. The molecule has 1 heterocycles. The van der Waals surface area contributed by atoms with Gasteiger partial charge in [0.05, 0.1) is 6.54 Å². The largest absolute Gasteiger partial charge is 0.378 e. The standard InChI is InChI=1S/C11H12BrIN4/c1-2-17-11(15-7-16-17)6-14-8-3-4-9(12)10(13)5-8/h3-5,7,14H,2,6H2,1H3. The fraction of sp³-hybridized carbons (Fsp3) is 0.273. The van der Waals surface area contributed by atoms with Crippen LogP contribution in [0.1, 0.15) is 12.7 Å². The van der Waals surface area contributed by atoms with E-state index in [1.807, 2.05) is 16.8 Å². The molecule has 0 saturated carbocycles. The Balaban J connectivity index is 2.05. The lowest BCUT2D eigenvalue weighted by Crippen LogP contribution is -2.09. The van der Waals surface area contributed by atoms with E-state index in [1.54, 1.807) is 6.33 Å². The van der Waals surface area contributed by atoms with Crippen molar-refractivity contribution in [3.63, 3.8) is 0 Å². The Labute approximate surface area is 122 Å². The van der Waals surface area contributed by atoms with E-state index in [0.717, 1.165) is 22.5 Å². The number of nitrogens with zero attached hydrogens (tertiary/aromatic N) is 3. The topological polar surface area (TPSA) is 42.7 Å². The van der Waals surface area contributed by atoms with E-state index in [9.17, 15) is 0 Å². The van der Waals surface area contributed by atoms with Gasteiger partial charge in [0.15, 0.2) is 0 Å². The van der Waals surface area contributed by atoms with Crippen molar-refractivity contribution in [3.8, 4) is 0 Å². The van der Waals surface area contributed by atoms with E-state index in [1.165, 1.54) is 3.57 Å². The molecule has 0 spiro atoms. The summed E-state index contributed by atoms with van der Waals surface area (Å²) in [5.74, 6) is 0.949. The van der Waals surface area contributed by atoms with E-state index in [4.69, 9.17) is 0 Å². The molecule has 0 aliphatic carbocycles. The van der Waals surface area contributed by atoms with Crippen molar-refractivity contribution in [2.75, 3.05) is 5.32 Å². The number of aryl methyl sites for hydroxylation is 1. The third kappa shape index (κ3) is 3.19. The summed E-state index contributed by atoms with van der Waals surface area (Å²) in [5.41, 5.74) is 1.09. The van der Waals surface area contributed by atoms with Crippen molar-refractivity contribution >= 4 is 44.2 Å². The summed E-state index contributed by atoms with van der Waals surface area (Å²) in [6.45, 7) is 3.58. The molecule has 17 heavy (non-hydrogen) atoms.